The molecule has 0 amide bonds. The molecule has 0 bridgehead atoms. The number of benzene rings is 9. The second-order valence-electron chi connectivity index (χ2n) is 14.9. The number of nitrogens with zero attached hydrogens (tertiary/aromatic N) is 1. The van der Waals surface area contributed by atoms with Crippen LogP contribution in [0.15, 0.2) is 180 Å². The van der Waals surface area contributed by atoms with E-state index in [1.54, 1.807) is 0 Å². The molecule has 0 spiro atoms. The smallest absolute Gasteiger partial charge is 0.145 e. The zero-order chi connectivity index (χ0) is 35.3. The molecule has 0 fully saturated rings. The van der Waals surface area contributed by atoms with Crippen LogP contribution in [0.1, 0.15) is 25.0 Å². The minimum absolute atomic E-state index is 0.129. The van der Waals surface area contributed by atoms with E-state index in [-0.39, 0.29) is 5.41 Å². The van der Waals surface area contributed by atoms with Gasteiger partial charge in [0.25, 0.3) is 0 Å². The largest absolute Gasteiger partial charge is 0.455 e. The maximum atomic E-state index is 6.99. The third-order valence-electron chi connectivity index (χ3n) is 11.6. The number of hydrogen-bond donors (Lipinski definition) is 0. The van der Waals surface area contributed by atoms with E-state index < -0.39 is 0 Å². The van der Waals surface area contributed by atoms with Crippen molar-refractivity contribution < 1.29 is 4.42 Å². The summed E-state index contributed by atoms with van der Waals surface area (Å²) in [6.07, 6.45) is 0. The third kappa shape index (κ3) is 4.33. The van der Waals surface area contributed by atoms with E-state index in [1.807, 2.05) is 0 Å². The number of furan rings is 1. The Hall–Kier alpha value is -6.64. The Morgan fingerprint density at radius 3 is 1.98 bits per heavy atom. The Bertz CT molecular complexity index is 3110. The Balaban J connectivity index is 1.26. The average molecular weight is 678 g/mol. The normalized spacial score (nSPS) is 13.2. The van der Waals surface area contributed by atoms with E-state index in [9.17, 15) is 0 Å². The van der Waals surface area contributed by atoms with Gasteiger partial charge >= 0.3 is 0 Å². The Labute approximate surface area is 308 Å². The molecule has 0 N–H and O–H groups in total. The lowest BCUT2D eigenvalue weighted by Gasteiger charge is -2.30. The van der Waals surface area contributed by atoms with Crippen LogP contribution in [0, 0.1) is 0 Å². The molecule has 2 heteroatoms. The quantitative estimate of drug-likeness (QED) is 0.172. The molecule has 0 saturated carbocycles. The summed E-state index contributed by atoms with van der Waals surface area (Å²) >= 11 is 0. The van der Waals surface area contributed by atoms with E-state index in [0.717, 1.165) is 44.6 Å². The lowest BCUT2D eigenvalue weighted by Crippen LogP contribution is -2.16. The van der Waals surface area contributed by atoms with Crippen LogP contribution >= 0.6 is 0 Å². The molecule has 0 atom stereocenters. The summed E-state index contributed by atoms with van der Waals surface area (Å²) in [6, 6.07) is 64.1. The standard InChI is InChI=1S/C51H35NO/c1-51(2)43-22-11-9-20-40(43)48-44(51)23-13-24-45(48)52(35-27-26-32-14-3-4-15-33(32)30-35)46-29-28-39(50-49(46)41-21-10-12-25-47(41)53-50)42-31-34-16-5-6-17-36(34)37-18-7-8-19-38(37)42/h3-31H,1-2H3. The molecule has 9 aromatic carbocycles. The fourth-order valence-electron chi connectivity index (χ4n) is 9.13. The van der Waals surface area contributed by atoms with Crippen LogP contribution in [0.2, 0.25) is 0 Å². The summed E-state index contributed by atoms with van der Waals surface area (Å²) in [4.78, 5) is 2.48. The van der Waals surface area contributed by atoms with Gasteiger partial charge in [0.15, 0.2) is 0 Å². The maximum absolute atomic E-state index is 6.99. The van der Waals surface area contributed by atoms with Gasteiger partial charge in [0.2, 0.25) is 0 Å². The van der Waals surface area contributed by atoms with Crippen molar-refractivity contribution in [2.24, 2.45) is 0 Å². The summed E-state index contributed by atoms with van der Waals surface area (Å²) in [5, 5.41) is 9.56. The van der Waals surface area contributed by atoms with Gasteiger partial charge in [-0.05, 0) is 97.0 Å². The molecule has 0 radical (unpaired) electrons. The molecule has 10 aromatic rings. The van der Waals surface area contributed by atoms with Crippen molar-refractivity contribution in [2.45, 2.75) is 19.3 Å². The number of anilines is 3. The van der Waals surface area contributed by atoms with Gasteiger partial charge in [0.1, 0.15) is 11.2 Å². The Morgan fingerprint density at radius 2 is 1.11 bits per heavy atom. The number of fused-ring (bicyclic) bond motifs is 10. The van der Waals surface area contributed by atoms with E-state index in [0.29, 0.717) is 0 Å². The number of rotatable bonds is 4. The van der Waals surface area contributed by atoms with Crippen LogP contribution in [-0.4, -0.2) is 0 Å². The van der Waals surface area contributed by atoms with Gasteiger partial charge in [0, 0.05) is 27.6 Å². The molecule has 250 valence electrons. The molecule has 0 unspecified atom stereocenters. The molecule has 0 aliphatic heterocycles. The highest BCUT2D eigenvalue weighted by Gasteiger charge is 2.38. The van der Waals surface area contributed by atoms with Crippen LogP contribution in [0.25, 0.3) is 76.5 Å². The molecule has 53 heavy (non-hydrogen) atoms. The monoisotopic (exact) mass is 677 g/mol. The summed E-state index contributed by atoms with van der Waals surface area (Å²) in [5.74, 6) is 0. The van der Waals surface area contributed by atoms with Gasteiger partial charge in [-0.1, -0.05) is 147 Å². The molecule has 1 heterocycles. The molecule has 2 nitrogen and oxygen atoms in total. The van der Waals surface area contributed by atoms with Crippen LogP contribution < -0.4 is 4.90 Å². The second kappa shape index (κ2) is 11.2. The fraction of sp³-hybridized carbons (Fsp3) is 0.0588. The molecule has 1 aliphatic carbocycles. The fourth-order valence-corrected chi connectivity index (χ4v) is 9.13. The van der Waals surface area contributed by atoms with Crippen LogP contribution in [0.3, 0.4) is 0 Å². The van der Waals surface area contributed by atoms with Crippen molar-refractivity contribution in [2.75, 3.05) is 4.90 Å². The van der Waals surface area contributed by atoms with E-state index in [4.69, 9.17) is 4.42 Å². The van der Waals surface area contributed by atoms with Crippen molar-refractivity contribution in [1.29, 1.82) is 0 Å². The van der Waals surface area contributed by atoms with Crippen molar-refractivity contribution in [3.05, 3.63) is 187 Å². The summed E-state index contributed by atoms with van der Waals surface area (Å²) in [5.41, 5.74) is 12.5. The number of para-hydroxylation sites is 1. The second-order valence-corrected chi connectivity index (χ2v) is 14.9. The molecule has 0 saturated heterocycles. The van der Waals surface area contributed by atoms with Crippen LogP contribution in [0.4, 0.5) is 17.1 Å². The van der Waals surface area contributed by atoms with Crippen LogP contribution in [0.5, 0.6) is 0 Å². The van der Waals surface area contributed by atoms with Crippen molar-refractivity contribution in [3.8, 4) is 22.3 Å². The maximum Gasteiger partial charge on any atom is 0.145 e. The summed E-state index contributed by atoms with van der Waals surface area (Å²) in [6.45, 7) is 4.71. The molecular formula is C51H35NO. The van der Waals surface area contributed by atoms with E-state index in [1.165, 1.54) is 60.1 Å². The molecule has 1 aromatic heterocycles. The Kier molecular flexibility index (Phi) is 6.33. The Morgan fingerprint density at radius 1 is 0.434 bits per heavy atom. The first-order valence-corrected chi connectivity index (χ1v) is 18.4. The molecule has 1 aliphatic rings. The summed E-state index contributed by atoms with van der Waals surface area (Å²) in [7, 11) is 0. The van der Waals surface area contributed by atoms with Gasteiger partial charge in [-0.25, -0.2) is 0 Å². The first-order chi connectivity index (χ1) is 26.1. The molecular weight excluding hydrogens is 643 g/mol. The van der Waals surface area contributed by atoms with Gasteiger partial charge < -0.3 is 9.32 Å². The van der Waals surface area contributed by atoms with E-state index >= 15 is 0 Å². The predicted octanol–water partition coefficient (Wildman–Crippen LogP) is 14.5. The van der Waals surface area contributed by atoms with Gasteiger partial charge in [0.05, 0.1) is 16.8 Å². The average Bonchev–Trinajstić information content (AvgIpc) is 3.71. The number of hydrogen-bond acceptors (Lipinski definition) is 2. The minimum atomic E-state index is -0.129. The van der Waals surface area contributed by atoms with Gasteiger partial charge in [-0.2, -0.15) is 0 Å². The zero-order valence-electron chi connectivity index (χ0n) is 29.6. The third-order valence-corrected chi connectivity index (χ3v) is 11.6. The lowest BCUT2D eigenvalue weighted by molar-refractivity contribution is 0.660. The molecule has 11 rings (SSSR count). The first kappa shape index (κ1) is 30.0. The van der Waals surface area contributed by atoms with E-state index in [2.05, 4.69) is 195 Å². The van der Waals surface area contributed by atoms with Crippen molar-refractivity contribution >= 4 is 71.3 Å². The predicted molar refractivity (Wildman–Crippen MR) is 224 cm³/mol. The first-order valence-electron chi connectivity index (χ1n) is 18.4. The highest BCUT2D eigenvalue weighted by Crippen LogP contribution is 2.56. The zero-order valence-corrected chi connectivity index (χ0v) is 29.6. The highest BCUT2D eigenvalue weighted by atomic mass is 16.3. The lowest BCUT2D eigenvalue weighted by atomic mass is 9.82. The van der Waals surface area contributed by atoms with Crippen molar-refractivity contribution in [1.82, 2.24) is 0 Å². The van der Waals surface area contributed by atoms with Gasteiger partial charge in [-0.15, -0.1) is 0 Å². The minimum Gasteiger partial charge on any atom is -0.455 e. The topological polar surface area (TPSA) is 16.4 Å². The van der Waals surface area contributed by atoms with Crippen LogP contribution in [-0.2, 0) is 5.41 Å². The summed E-state index contributed by atoms with van der Waals surface area (Å²) < 4.78 is 6.99. The van der Waals surface area contributed by atoms with Crippen molar-refractivity contribution in [3.63, 3.8) is 0 Å². The van der Waals surface area contributed by atoms with Gasteiger partial charge in [-0.3, -0.25) is 0 Å². The highest BCUT2D eigenvalue weighted by molar-refractivity contribution is 6.21. The SMILES string of the molecule is CC1(C)c2ccccc2-c2c(N(c3ccc4ccccc4c3)c3ccc(-c4cc5ccccc5c5ccccc45)c4oc5ccccc5c34)cccc21.